The monoisotopic (exact) mass is 574 g/mol. The Balaban J connectivity index is 1.77. The molecule has 0 bridgehead atoms. The lowest BCUT2D eigenvalue weighted by Gasteiger charge is -2.41. The van der Waals surface area contributed by atoms with E-state index in [1.807, 2.05) is 61.2 Å². The number of hydrogen-bond acceptors (Lipinski definition) is 7. The van der Waals surface area contributed by atoms with Gasteiger partial charge in [-0.25, -0.2) is 14.8 Å². The summed E-state index contributed by atoms with van der Waals surface area (Å²) in [4.78, 5) is 39.8. The van der Waals surface area contributed by atoms with E-state index in [4.69, 9.17) is 4.99 Å². The number of anilines is 1. The molecule has 0 aliphatic carbocycles. The van der Waals surface area contributed by atoms with Gasteiger partial charge in [-0.1, -0.05) is 42.2 Å². The molecule has 3 aromatic rings. The first-order valence-corrected chi connectivity index (χ1v) is 14.1. The molecular formula is C30H34N6O4S. The van der Waals surface area contributed by atoms with E-state index in [2.05, 4.69) is 27.2 Å². The number of carbonyl (C=O) groups is 2. The number of rotatable bonds is 8. The molecule has 1 aliphatic rings. The second-order valence-corrected chi connectivity index (χ2v) is 10.9. The number of aliphatic imine (C=N–C) groups is 1. The first-order valence-electron chi connectivity index (χ1n) is 13.3. The SMILES string of the molecule is C=C/C=C/C(=C\N=C(C)N1CCC(O)C(C)(C(=O)O)C1)c1cc(-c2ccccn2)c2sc(NC(=O)NCC)nc2c1. The van der Waals surface area contributed by atoms with Crippen LogP contribution in [0.3, 0.4) is 0 Å². The number of aliphatic carboxylic acids is 1. The number of piperidine rings is 1. The largest absolute Gasteiger partial charge is 0.481 e. The molecule has 10 nitrogen and oxygen atoms in total. The third-order valence-electron chi connectivity index (χ3n) is 7.00. The minimum Gasteiger partial charge on any atom is -0.481 e. The van der Waals surface area contributed by atoms with Gasteiger partial charge in [-0.2, -0.15) is 0 Å². The van der Waals surface area contributed by atoms with Crippen LogP contribution >= 0.6 is 11.3 Å². The number of urea groups is 1. The molecule has 1 saturated heterocycles. The number of fused-ring (bicyclic) bond motifs is 1. The van der Waals surface area contributed by atoms with Gasteiger partial charge in [-0.15, -0.1) is 0 Å². The van der Waals surface area contributed by atoms with Crippen LogP contribution in [-0.2, 0) is 4.79 Å². The third-order valence-corrected chi connectivity index (χ3v) is 8.02. The van der Waals surface area contributed by atoms with Crippen LogP contribution in [0.2, 0.25) is 0 Å². The lowest BCUT2D eigenvalue weighted by atomic mass is 9.79. The fourth-order valence-corrected chi connectivity index (χ4v) is 5.52. The maximum Gasteiger partial charge on any atom is 0.321 e. The first-order chi connectivity index (χ1) is 19.7. The van der Waals surface area contributed by atoms with E-state index in [0.717, 1.165) is 27.1 Å². The molecular weight excluding hydrogens is 540 g/mol. The molecule has 1 aromatic carbocycles. The van der Waals surface area contributed by atoms with Crippen molar-refractivity contribution in [1.82, 2.24) is 20.2 Å². The number of aromatic nitrogens is 2. The normalized spacial score (nSPS) is 19.9. The number of allylic oxidation sites excluding steroid dienone is 4. The fraction of sp³-hybridized carbons (Fsp3) is 0.300. The van der Waals surface area contributed by atoms with Crippen molar-refractivity contribution in [3.8, 4) is 11.3 Å². The van der Waals surface area contributed by atoms with Crippen molar-refractivity contribution in [2.24, 2.45) is 10.4 Å². The third kappa shape index (κ3) is 6.69. The Bertz CT molecular complexity index is 1530. The maximum absolute atomic E-state index is 12.2. The molecule has 3 heterocycles. The molecule has 41 heavy (non-hydrogen) atoms. The molecule has 2 amide bonds. The van der Waals surface area contributed by atoms with Crippen molar-refractivity contribution in [3.63, 3.8) is 0 Å². The molecule has 1 fully saturated rings. The minimum atomic E-state index is -1.28. The summed E-state index contributed by atoms with van der Waals surface area (Å²) in [5.41, 5.74) is 2.64. The van der Waals surface area contributed by atoms with E-state index < -0.39 is 17.5 Å². The van der Waals surface area contributed by atoms with E-state index in [1.54, 1.807) is 25.4 Å². The average Bonchev–Trinajstić information content (AvgIpc) is 3.36. The maximum atomic E-state index is 12.2. The second kappa shape index (κ2) is 12.9. The zero-order valence-electron chi connectivity index (χ0n) is 23.3. The Morgan fingerprint density at radius 3 is 2.83 bits per heavy atom. The van der Waals surface area contributed by atoms with Crippen LogP contribution in [0, 0.1) is 5.41 Å². The zero-order chi connectivity index (χ0) is 29.6. The second-order valence-electron chi connectivity index (χ2n) is 9.89. The van der Waals surface area contributed by atoms with E-state index >= 15 is 0 Å². The first kappa shape index (κ1) is 29.6. The van der Waals surface area contributed by atoms with Gasteiger partial charge in [0, 0.05) is 43.2 Å². The number of amides is 2. The van der Waals surface area contributed by atoms with Crippen LogP contribution in [0.15, 0.2) is 72.5 Å². The molecule has 4 N–H and O–H groups in total. The number of carboxylic acids is 1. The van der Waals surface area contributed by atoms with Crippen LogP contribution in [0.4, 0.5) is 9.93 Å². The molecule has 1 aliphatic heterocycles. The highest BCUT2D eigenvalue weighted by atomic mass is 32.1. The summed E-state index contributed by atoms with van der Waals surface area (Å²) in [5, 5.41) is 26.0. The summed E-state index contributed by atoms with van der Waals surface area (Å²) in [7, 11) is 0. The van der Waals surface area contributed by atoms with Crippen LogP contribution in [0.25, 0.3) is 27.0 Å². The molecule has 2 unspecified atom stereocenters. The molecule has 2 atom stereocenters. The van der Waals surface area contributed by atoms with Gasteiger partial charge < -0.3 is 20.4 Å². The molecule has 11 heteroatoms. The number of carbonyl (C=O) groups excluding carboxylic acids is 1. The van der Waals surface area contributed by atoms with Gasteiger partial charge >= 0.3 is 12.0 Å². The van der Waals surface area contributed by atoms with Gasteiger partial charge in [0.15, 0.2) is 5.13 Å². The Kier molecular flexibility index (Phi) is 9.31. The number of hydrogen-bond donors (Lipinski definition) is 4. The number of thiazole rings is 1. The molecule has 0 spiro atoms. The number of carboxylic acid groups (broad SMARTS) is 1. The summed E-state index contributed by atoms with van der Waals surface area (Å²) in [6.07, 6.45) is 8.23. The highest BCUT2D eigenvalue weighted by molar-refractivity contribution is 7.22. The lowest BCUT2D eigenvalue weighted by molar-refractivity contribution is -0.159. The van der Waals surface area contributed by atoms with E-state index in [1.165, 1.54) is 11.3 Å². The number of benzene rings is 1. The molecule has 4 rings (SSSR count). The summed E-state index contributed by atoms with van der Waals surface area (Å²) in [6.45, 7) is 10.2. The van der Waals surface area contributed by atoms with Crippen molar-refractivity contribution < 1.29 is 19.8 Å². The number of nitrogens with one attached hydrogen (secondary N) is 2. The number of nitrogens with zero attached hydrogens (tertiary/aromatic N) is 4. The molecule has 2 aromatic heterocycles. The van der Waals surface area contributed by atoms with Crippen LogP contribution < -0.4 is 10.6 Å². The molecule has 0 radical (unpaired) electrons. The number of aliphatic hydroxyl groups is 1. The van der Waals surface area contributed by atoms with Crippen molar-refractivity contribution in [3.05, 3.63) is 73.1 Å². The summed E-state index contributed by atoms with van der Waals surface area (Å²) < 4.78 is 0.880. The average molecular weight is 575 g/mol. The van der Waals surface area contributed by atoms with Crippen LogP contribution in [-0.4, -0.2) is 68.7 Å². The number of pyridine rings is 1. The van der Waals surface area contributed by atoms with Gasteiger partial charge in [-0.3, -0.25) is 15.1 Å². The summed E-state index contributed by atoms with van der Waals surface area (Å²) >= 11 is 1.37. The van der Waals surface area contributed by atoms with Gasteiger partial charge in [0.2, 0.25) is 0 Å². The van der Waals surface area contributed by atoms with E-state index in [9.17, 15) is 19.8 Å². The predicted octanol–water partition coefficient (Wildman–Crippen LogP) is 5.16. The zero-order valence-corrected chi connectivity index (χ0v) is 24.1. The van der Waals surface area contributed by atoms with Gasteiger partial charge in [0.25, 0.3) is 0 Å². The standard InChI is InChI=1S/C30H34N6O4S/c1-5-7-10-20(17-33-19(3)36-14-12-25(37)30(4,18-36)27(38)39)21-15-22(23-11-8-9-13-32-23)26-24(16-21)34-29(41-26)35-28(40)31-6-2/h5,7-11,13,15-17,25,37H,1,6,12,14,18H2,2-4H3,(H,38,39)(H2,31,34,35,40)/b10-7+,20-17+,33-19?. The number of amidine groups is 1. The van der Waals surface area contributed by atoms with Crippen LogP contribution in [0.5, 0.6) is 0 Å². The Morgan fingerprint density at radius 1 is 1.34 bits per heavy atom. The van der Waals surface area contributed by atoms with Crippen molar-refractivity contribution >= 4 is 50.1 Å². The molecule has 214 valence electrons. The smallest absolute Gasteiger partial charge is 0.321 e. The van der Waals surface area contributed by atoms with Gasteiger partial charge in [-0.05, 0) is 57.0 Å². The molecule has 0 saturated carbocycles. The Morgan fingerprint density at radius 2 is 2.15 bits per heavy atom. The number of aliphatic hydroxyl groups excluding tert-OH is 1. The van der Waals surface area contributed by atoms with E-state index in [-0.39, 0.29) is 12.6 Å². The van der Waals surface area contributed by atoms with Crippen LogP contribution in [0.1, 0.15) is 32.8 Å². The topological polar surface area (TPSA) is 140 Å². The summed E-state index contributed by atoms with van der Waals surface area (Å²) in [6, 6.07) is 9.31. The van der Waals surface area contributed by atoms with Crippen molar-refractivity contribution in [2.75, 3.05) is 25.0 Å². The number of likely N-dealkylation sites (tertiary alicyclic amines) is 1. The Labute approximate surface area is 242 Å². The summed E-state index contributed by atoms with van der Waals surface area (Å²) in [5.74, 6) is -0.394. The van der Waals surface area contributed by atoms with Crippen molar-refractivity contribution in [1.29, 1.82) is 0 Å². The lowest BCUT2D eigenvalue weighted by Crippen LogP contribution is -2.55. The van der Waals surface area contributed by atoms with Gasteiger partial charge in [0.1, 0.15) is 11.3 Å². The Hall–Kier alpha value is -4.35. The predicted molar refractivity (Wildman–Crippen MR) is 164 cm³/mol. The quantitative estimate of drug-likeness (QED) is 0.166. The van der Waals surface area contributed by atoms with Crippen molar-refractivity contribution in [2.45, 2.75) is 33.3 Å². The fourth-order valence-electron chi connectivity index (χ4n) is 4.56. The van der Waals surface area contributed by atoms with Gasteiger partial charge in [0.05, 0.1) is 22.0 Å². The van der Waals surface area contributed by atoms with E-state index in [0.29, 0.717) is 36.0 Å². The minimum absolute atomic E-state index is 0.153. The highest BCUT2D eigenvalue weighted by Gasteiger charge is 2.45. The highest BCUT2D eigenvalue weighted by Crippen LogP contribution is 2.37.